The van der Waals surface area contributed by atoms with Crippen LogP contribution in [0.3, 0.4) is 0 Å². The molecule has 1 N–H and O–H groups in total. The van der Waals surface area contributed by atoms with Gasteiger partial charge in [0.2, 0.25) is 0 Å². The van der Waals surface area contributed by atoms with E-state index in [0.29, 0.717) is 5.75 Å². The molecule has 0 saturated heterocycles. The number of hydrogen-bond acceptors (Lipinski definition) is 2. The average Bonchev–Trinajstić information content (AvgIpc) is 2.39. The Hall–Kier alpha value is 0.431. The van der Waals surface area contributed by atoms with E-state index < -0.39 is 8.25 Å². The first-order chi connectivity index (χ1) is 9.24. The van der Waals surface area contributed by atoms with Gasteiger partial charge in [-0.1, -0.05) is 63.6 Å². The summed E-state index contributed by atoms with van der Waals surface area (Å²) < 4.78 is 15.6. The smallest absolute Gasteiger partial charge is 0.229 e. The summed E-state index contributed by atoms with van der Waals surface area (Å²) in [6, 6.07) is 7.47. The Morgan fingerprint density at radius 2 is 1.65 bits per heavy atom. The molecular formula is C15H24NdO3P+. The number of benzene rings is 1. The summed E-state index contributed by atoms with van der Waals surface area (Å²) in [5.41, 5.74) is 1.02. The van der Waals surface area contributed by atoms with Crippen LogP contribution in [0.2, 0.25) is 0 Å². The van der Waals surface area contributed by atoms with E-state index in [1.165, 1.54) is 38.5 Å². The first kappa shape index (κ1) is 20.4. The summed E-state index contributed by atoms with van der Waals surface area (Å²) in [7, 11) is -2.57. The topological polar surface area (TPSA) is 46.5 Å². The Morgan fingerprint density at radius 1 is 1.05 bits per heavy atom. The van der Waals surface area contributed by atoms with Gasteiger partial charge in [0.05, 0.1) is 0 Å². The van der Waals surface area contributed by atoms with Gasteiger partial charge in [0.25, 0.3) is 0 Å². The largest absolute Gasteiger partial charge is 0.747 e. The minimum absolute atomic E-state index is 0. The van der Waals surface area contributed by atoms with Crippen molar-refractivity contribution in [2.24, 2.45) is 0 Å². The summed E-state index contributed by atoms with van der Waals surface area (Å²) in [5.74, 6) is 0.539. The van der Waals surface area contributed by atoms with Crippen molar-refractivity contribution in [3.05, 3.63) is 29.8 Å². The number of para-hydroxylation sites is 1. The maximum atomic E-state index is 10.7. The van der Waals surface area contributed by atoms with E-state index in [2.05, 4.69) is 6.92 Å². The number of aryl methyl sites for hydroxylation is 1. The average molecular weight is 428 g/mol. The maximum Gasteiger partial charge on any atom is 0.747 e. The van der Waals surface area contributed by atoms with Crippen LogP contribution in [-0.4, -0.2) is 4.89 Å². The van der Waals surface area contributed by atoms with Gasteiger partial charge in [0.15, 0.2) is 5.75 Å². The quantitative estimate of drug-likeness (QED) is 0.422. The zero-order valence-corrected chi connectivity index (χ0v) is 16.3. The number of hydrogen-bond donors (Lipinski definition) is 1. The van der Waals surface area contributed by atoms with Crippen molar-refractivity contribution in [1.82, 2.24) is 0 Å². The fourth-order valence-electron chi connectivity index (χ4n) is 2.16. The van der Waals surface area contributed by atoms with Gasteiger partial charge >= 0.3 is 8.25 Å². The molecule has 0 radical (unpaired) electrons. The molecule has 0 fully saturated rings. The van der Waals surface area contributed by atoms with Gasteiger partial charge in [-0.05, 0) is 18.9 Å². The Labute approximate surface area is 156 Å². The van der Waals surface area contributed by atoms with Crippen LogP contribution < -0.4 is 4.52 Å². The van der Waals surface area contributed by atoms with Gasteiger partial charge < -0.3 is 0 Å². The molecule has 1 aromatic rings. The van der Waals surface area contributed by atoms with Crippen molar-refractivity contribution in [1.29, 1.82) is 0 Å². The second-order valence-electron chi connectivity index (χ2n) is 4.81. The van der Waals surface area contributed by atoms with Crippen molar-refractivity contribution < 1.29 is 54.8 Å². The van der Waals surface area contributed by atoms with E-state index in [1.54, 1.807) is 6.07 Å². The number of rotatable bonds is 10. The minimum Gasteiger partial charge on any atom is -0.229 e. The van der Waals surface area contributed by atoms with Crippen molar-refractivity contribution >= 4 is 8.25 Å². The molecule has 1 aromatic carbocycles. The molecule has 1 unspecified atom stereocenters. The molecule has 1 atom stereocenters. The molecule has 0 heterocycles. The molecule has 0 spiro atoms. The van der Waals surface area contributed by atoms with E-state index in [-0.39, 0.29) is 40.8 Å². The third-order valence-electron chi connectivity index (χ3n) is 3.20. The third kappa shape index (κ3) is 9.38. The first-order valence-electron chi connectivity index (χ1n) is 7.16. The van der Waals surface area contributed by atoms with Gasteiger partial charge in [-0.25, -0.2) is 4.52 Å². The van der Waals surface area contributed by atoms with E-state index in [9.17, 15) is 4.57 Å². The fourth-order valence-corrected chi connectivity index (χ4v) is 2.50. The molecule has 0 aliphatic rings. The monoisotopic (exact) mass is 425 g/mol. The normalized spacial score (nSPS) is 10.8. The van der Waals surface area contributed by atoms with Crippen LogP contribution in [0.15, 0.2) is 24.3 Å². The summed E-state index contributed by atoms with van der Waals surface area (Å²) in [6.07, 6.45) is 9.77. The summed E-state index contributed by atoms with van der Waals surface area (Å²) in [6.45, 7) is 2.23. The van der Waals surface area contributed by atoms with Crippen molar-refractivity contribution in [3.63, 3.8) is 0 Å². The number of unbranched alkanes of at least 4 members (excludes halogenated alkanes) is 6. The predicted octanol–water partition coefficient (Wildman–Crippen LogP) is 5.01. The van der Waals surface area contributed by atoms with E-state index in [1.807, 2.05) is 18.2 Å². The predicted molar refractivity (Wildman–Crippen MR) is 78.6 cm³/mol. The minimum atomic E-state index is -2.57. The second-order valence-corrected chi connectivity index (χ2v) is 5.47. The van der Waals surface area contributed by atoms with Gasteiger partial charge in [0, 0.05) is 51.0 Å². The summed E-state index contributed by atoms with van der Waals surface area (Å²) >= 11 is 0. The van der Waals surface area contributed by atoms with Crippen LogP contribution in [0.4, 0.5) is 0 Å². The van der Waals surface area contributed by atoms with Crippen LogP contribution in [-0.2, 0) is 11.0 Å². The van der Waals surface area contributed by atoms with Crippen LogP contribution >= 0.6 is 8.25 Å². The molecule has 0 amide bonds. The van der Waals surface area contributed by atoms with Crippen LogP contribution in [0.25, 0.3) is 0 Å². The molecule has 20 heavy (non-hydrogen) atoms. The van der Waals surface area contributed by atoms with E-state index >= 15 is 0 Å². The van der Waals surface area contributed by atoms with Gasteiger partial charge in [-0.2, -0.15) is 0 Å². The van der Waals surface area contributed by atoms with Crippen LogP contribution in [0.1, 0.15) is 57.4 Å². The van der Waals surface area contributed by atoms with Gasteiger partial charge in [-0.3, -0.25) is 0 Å². The summed E-state index contributed by atoms with van der Waals surface area (Å²) in [4.78, 5) is 8.81. The van der Waals surface area contributed by atoms with Crippen molar-refractivity contribution in [2.75, 3.05) is 0 Å². The van der Waals surface area contributed by atoms with Crippen molar-refractivity contribution in [2.45, 2.75) is 58.3 Å². The van der Waals surface area contributed by atoms with E-state index in [0.717, 1.165) is 18.4 Å². The Kier molecular flexibility index (Phi) is 13.4. The molecule has 0 bridgehead atoms. The molecule has 5 heteroatoms. The SMILES string of the molecule is CCCCCCCCCc1ccccc1O[P+](=O)O.[Nd]. The Morgan fingerprint density at radius 3 is 2.30 bits per heavy atom. The molecule has 1 rings (SSSR count). The van der Waals surface area contributed by atoms with Gasteiger partial charge in [0.1, 0.15) is 0 Å². The molecule has 3 nitrogen and oxygen atoms in total. The molecular weight excluding hydrogens is 403 g/mol. The summed E-state index contributed by atoms with van der Waals surface area (Å²) in [5, 5.41) is 0. The second kappa shape index (κ2) is 13.1. The molecule has 0 saturated carbocycles. The molecule has 110 valence electrons. The zero-order valence-electron chi connectivity index (χ0n) is 12.2. The fraction of sp³-hybridized carbons (Fsp3) is 0.600. The maximum absolute atomic E-state index is 10.7. The molecule has 0 aromatic heterocycles. The van der Waals surface area contributed by atoms with E-state index in [4.69, 9.17) is 9.42 Å². The third-order valence-corrected chi connectivity index (χ3v) is 3.55. The zero-order chi connectivity index (χ0) is 13.9. The Balaban J connectivity index is 0.00000361. The molecule has 0 aliphatic carbocycles. The van der Waals surface area contributed by atoms with Crippen molar-refractivity contribution in [3.8, 4) is 5.75 Å². The van der Waals surface area contributed by atoms with Gasteiger partial charge in [-0.15, -0.1) is 4.89 Å². The first-order valence-corrected chi connectivity index (χ1v) is 8.29. The van der Waals surface area contributed by atoms with Crippen LogP contribution in [0.5, 0.6) is 5.75 Å². The van der Waals surface area contributed by atoms with Crippen LogP contribution in [0, 0.1) is 40.8 Å². The Bertz CT molecular complexity index is 385. The standard InChI is InChI=1S/C15H23O3P.Nd/c1-2-3-4-5-6-7-8-11-14-12-9-10-13-15(14)18-19(16)17;/h9-10,12-13H,2-8,11H2,1H3;/p+1. The molecule has 0 aliphatic heterocycles.